The van der Waals surface area contributed by atoms with Crippen LogP contribution >= 0.6 is 0 Å². The number of H-pyrrole nitrogens is 1. The number of fused-ring (bicyclic) bond motifs is 3. The summed E-state index contributed by atoms with van der Waals surface area (Å²) in [6.07, 6.45) is 9.51. The van der Waals surface area contributed by atoms with Crippen molar-refractivity contribution in [3.63, 3.8) is 0 Å². The molecule has 2 aliphatic rings. The summed E-state index contributed by atoms with van der Waals surface area (Å²) in [4.78, 5) is 17.3. The number of likely N-dealkylation sites (tertiary alicyclic amines) is 1. The number of nitrogens with one attached hydrogen (secondary N) is 1. The fourth-order valence-corrected chi connectivity index (χ4v) is 6.04. The van der Waals surface area contributed by atoms with Gasteiger partial charge in [-0.25, -0.2) is 4.98 Å². The van der Waals surface area contributed by atoms with Crippen molar-refractivity contribution in [3.05, 3.63) is 30.7 Å². The second-order valence-electron chi connectivity index (χ2n) is 8.62. The van der Waals surface area contributed by atoms with Gasteiger partial charge in [0, 0.05) is 61.0 Å². The molecule has 0 amide bonds. The third-order valence-corrected chi connectivity index (χ3v) is 7.53. The van der Waals surface area contributed by atoms with E-state index in [4.69, 9.17) is 0 Å². The maximum atomic E-state index is 12.1. The van der Waals surface area contributed by atoms with E-state index < -0.39 is 10.3 Å². The molecule has 2 fully saturated rings. The third kappa shape index (κ3) is 3.48. The molecule has 5 heterocycles. The first-order chi connectivity index (χ1) is 14.6. The second kappa shape index (κ2) is 8.00. The molecule has 0 saturated carbocycles. The molecular weight excluding hydrogens is 398 g/mol. The van der Waals surface area contributed by atoms with Crippen LogP contribution < -0.4 is 4.90 Å². The summed E-state index contributed by atoms with van der Waals surface area (Å²) in [6, 6.07) is 4.12. The molecule has 0 bridgehead atoms. The van der Waals surface area contributed by atoms with Crippen LogP contribution in [0.4, 0.5) is 5.69 Å². The molecule has 7 nitrogen and oxygen atoms in total. The molecule has 1 N–H and O–H groups in total. The Hall–Kier alpha value is -2.45. The van der Waals surface area contributed by atoms with Crippen LogP contribution in [0.5, 0.6) is 0 Å². The van der Waals surface area contributed by atoms with E-state index >= 15 is 0 Å². The van der Waals surface area contributed by atoms with Gasteiger partial charge in [0.05, 0.1) is 11.7 Å². The van der Waals surface area contributed by atoms with Gasteiger partial charge in [0.25, 0.3) is 0 Å². The summed E-state index contributed by atoms with van der Waals surface area (Å²) < 4.78 is 24.3. The fourth-order valence-electron chi connectivity index (χ4n) is 5.16. The average Bonchev–Trinajstić information content (AvgIpc) is 3.23. The number of aromatic nitrogens is 3. The number of hydrogen-bond donors (Lipinski definition) is 1. The van der Waals surface area contributed by atoms with Gasteiger partial charge < -0.3 is 9.88 Å². The van der Waals surface area contributed by atoms with Crippen molar-refractivity contribution in [1.29, 1.82) is 0 Å². The average molecular weight is 426 g/mol. The third-order valence-electron chi connectivity index (χ3n) is 6.59. The van der Waals surface area contributed by atoms with Gasteiger partial charge in [0.1, 0.15) is 10.6 Å². The molecule has 3 aromatic heterocycles. The second-order valence-corrected chi connectivity index (χ2v) is 9.50. The van der Waals surface area contributed by atoms with E-state index in [1.54, 1.807) is 0 Å². The number of hydrogen-bond acceptors (Lipinski definition) is 5. The van der Waals surface area contributed by atoms with Crippen LogP contribution in [-0.4, -0.2) is 59.4 Å². The SMILES string of the molecule is CC1CCCN(C(C2CCN(c3ccnc4cnc5[nH]ccc5c34)CC2)=S(=O)=O)C1. The highest BCUT2D eigenvalue weighted by Crippen LogP contribution is 2.34. The lowest BCUT2D eigenvalue weighted by molar-refractivity contribution is 0.262. The van der Waals surface area contributed by atoms with Crippen LogP contribution in [0, 0.1) is 11.8 Å². The molecule has 2 aliphatic heterocycles. The predicted molar refractivity (Wildman–Crippen MR) is 120 cm³/mol. The Morgan fingerprint density at radius 1 is 1.13 bits per heavy atom. The smallest absolute Gasteiger partial charge is 0.228 e. The lowest BCUT2D eigenvalue weighted by Crippen LogP contribution is -2.46. The van der Waals surface area contributed by atoms with E-state index in [-0.39, 0.29) is 5.92 Å². The minimum Gasteiger partial charge on any atom is -0.371 e. The Labute approximate surface area is 177 Å². The highest BCUT2D eigenvalue weighted by atomic mass is 32.2. The molecular formula is C22H27N5O2S. The molecule has 0 spiro atoms. The van der Waals surface area contributed by atoms with E-state index in [1.165, 1.54) is 6.42 Å². The van der Waals surface area contributed by atoms with E-state index in [9.17, 15) is 8.42 Å². The fraction of sp³-hybridized carbons (Fsp3) is 0.500. The maximum absolute atomic E-state index is 12.1. The summed E-state index contributed by atoms with van der Waals surface area (Å²) in [7, 11) is -2.15. The molecule has 5 rings (SSSR count). The van der Waals surface area contributed by atoms with Crippen molar-refractivity contribution in [2.75, 3.05) is 31.1 Å². The molecule has 30 heavy (non-hydrogen) atoms. The topological polar surface area (TPSA) is 82.2 Å². The number of aromatic amines is 1. The number of pyridine rings is 2. The normalized spacial score (nSPS) is 21.4. The minimum atomic E-state index is -2.15. The molecule has 1 atom stereocenters. The van der Waals surface area contributed by atoms with Crippen molar-refractivity contribution in [3.8, 4) is 0 Å². The van der Waals surface area contributed by atoms with Gasteiger partial charge in [0.15, 0.2) is 0 Å². The number of anilines is 1. The Balaban J connectivity index is 1.41. The zero-order chi connectivity index (χ0) is 20.7. The zero-order valence-corrected chi connectivity index (χ0v) is 18.0. The largest absolute Gasteiger partial charge is 0.371 e. The zero-order valence-electron chi connectivity index (χ0n) is 17.2. The summed E-state index contributed by atoms with van der Waals surface area (Å²) in [5.41, 5.74) is 2.90. The van der Waals surface area contributed by atoms with Crippen LogP contribution in [0.25, 0.3) is 21.9 Å². The molecule has 0 radical (unpaired) electrons. The van der Waals surface area contributed by atoms with E-state index in [1.807, 2.05) is 24.7 Å². The van der Waals surface area contributed by atoms with Gasteiger partial charge in [-0.3, -0.25) is 9.88 Å². The quantitative estimate of drug-likeness (QED) is 0.636. The number of piperidine rings is 2. The highest BCUT2D eigenvalue weighted by molar-refractivity contribution is 7.72. The van der Waals surface area contributed by atoms with Crippen molar-refractivity contribution < 1.29 is 8.42 Å². The van der Waals surface area contributed by atoms with Gasteiger partial charge >= 0.3 is 0 Å². The predicted octanol–water partition coefficient (Wildman–Crippen LogP) is 3.07. The van der Waals surface area contributed by atoms with E-state index in [0.29, 0.717) is 10.9 Å². The highest BCUT2D eigenvalue weighted by Gasteiger charge is 2.31. The van der Waals surface area contributed by atoms with E-state index in [2.05, 4.69) is 37.7 Å². The van der Waals surface area contributed by atoms with E-state index in [0.717, 1.165) is 73.1 Å². The van der Waals surface area contributed by atoms with Crippen molar-refractivity contribution in [2.45, 2.75) is 32.6 Å². The van der Waals surface area contributed by atoms with Gasteiger partial charge in [-0.05, 0) is 43.7 Å². The Morgan fingerprint density at radius 2 is 1.97 bits per heavy atom. The van der Waals surface area contributed by atoms with Gasteiger partial charge in [-0.2, -0.15) is 8.42 Å². The molecule has 0 aliphatic carbocycles. The lowest BCUT2D eigenvalue weighted by atomic mass is 9.93. The minimum absolute atomic E-state index is 0.104. The first-order valence-corrected chi connectivity index (χ1v) is 11.9. The molecule has 3 aromatic rings. The summed E-state index contributed by atoms with van der Waals surface area (Å²) in [5, 5.41) is 2.19. The van der Waals surface area contributed by atoms with Gasteiger partial charge in [-0.1, -0.05) is 6.92 Å². The van der Waals surface area contributed by atoms with Crippen LogP contribution in [-0.2, 0) is 10.3 Å². The van der Waals surface area contributed by atoms with Gasteiger partial charge in [-0.15, -0.1) is 0 Å². The van der Waals surface area contributed by atoms with Crippen LogP contribution in [0.1, 0.15) is 32.6 Å². The standard InChI is InChI=1S/C22H27N5O2S/c1-15-3-2-10-27(14-15)22(30(28)29)16-6-11-26(12-7-16)19-5-9-23-18-13-25-21-17(20(18)19)4-8-24-21/h4-5,8-9,13,15-16H,2-3,6-7,10-12,14H2,1H3,(H,24,25). The Morgan fingerprint density at radius 3 is 2.73 bits per heavy atom. The summed E-state index contributed by atoms with van der Waals surface area (Å²) in [6.45, 7) is 5.60. The molecule has 2 saturated heterocycles. The first kappa shape index (κ1) is 19.5. The number of rotatable bonds is 2. The maximum Gasteiger partial charge on any atom is 0.228 e. The molecule has 0 aromatic carbocycles. The van der Waals surface area contributed by atoms with Crippen molar-refractivity contribution in [2.24, 2.45) is 11.8 Å². The van der Waals surface area contributed by atoms with Crippen LogP contribution in [0.15, 0.2) is 30.7 Å². The van der Waals surface area contributed by atoms with Crippen LogP contribution in [0.3, 0.4) is 0 Å². The summed E-state index contributed by atoms with van der Waals surface area (Å²) >= 11 is 0. The van der Waals surface area contributed by atoms with Gasteiger partial charge in [0.2, 0.25) is 10.3 Å². The number of nitrogens with zero attached hydrogens (tertiary/aromatic N) is 4. The summed E-state index contributed by atoms with van der Waals surface area (Å²) in [5.74, 6) is 0.657. The molecule has 158 valence electrons. The molecule has 8 heteroatoms. The monoisotopic (exact) mass is 425 g/mol. The lowest BCUT2D eigenvalue weighted by Gasteiger charge is -2.38. The Bertz CT molecular complexity index is 1200. The van der Waals surface area contributed by atoms with Crippen LogP contribution in [0.2, 0.25) is 0 Å². The van der Waals surface area contributed by atoms with Crippen molar-refractivity contribution >= 4 is 42.9 Å². The Kier molecular flexibility index (Phi) is 5.20. The first-order valence-electron chi connectivity index (χ1n) is 10.8. The van der Waals surface area contributed by atoms with Crippen molar-refractivity contribution in [1.82, 2.24) is 19.9 Å². The molecule has 1 unspecified atom stereocenters.